The first-order chi connectivity index (χ1) is 10.2. The molecular weight excluding hydrogens is 260 g/mol. The molecule has 0 saturated heterocycles. The number of benzene rings is 2. The van der Waals surface area contributed by atoms with Crippen molar-refractivity contribution in [1.29, 1.82) is 0 Å². The van der Waals surface area contributed by atoms with E-state index in [4.69, 9.17) is 5.73 Å². The van der Waals surface area contributed by atoms with Crippen LogP contribution in [0.4, 0.5) is 5.69 Å². The standard InChI is InChI=1S/C17H16N4/c1-11-4-2-3-5-14(11)16-19-20-17-15-10-13(18)7-6-12(15)8-9-21(16)17/h2-7,10H,8-9,18H2,1H3. The minimum absolute atomic E-state index is 0.766. The van der Waals surface area contributed by atoms with E-state index in [1.165, 1.54) is 11.1 Å². The fourth-order valence-corrected chi connectivity index (χ4v) is 2.99. The monoisotopic (exact) mass is 276 g/mol. The van der Waals surface area contributed by atoms with Crippen LogP contribution in [-0.2, 0) is 13.0 Å². The van der Waals surface area contributed by atoms with Gasteiger partial charge >= 0.3 is 0 Å². The van der Waals surface area contributed by atoms with Gasteiger partial charge in [-0.15, -0.1) is 10.2 Å². The zero-order valence-corrected chi connectivity index (χ0v) is 11.9. The van der Waals surface area contributed by atoms with Gasteiger partial charge in [-0.2, -0.15) is 0 Å². The van der Waals surface area contributed by atoms with E-state index in [-0.39, 0.29) is 0 Å². The summed E-state index contributed by atoms with van der Waals surface area (Å²) in [5.41, 5.74) is 11.4. The van der Waals surface area contributed by atoms with Crippen molar-refractivity contribution in [2.75, 3.05) is 5.73 Å². The van der Waals surface area contributed by atoms with Crippen LogP contribution < -0.4 is 5.73 Å². The Morgan fingerprint density at radius 1 is 1.00 bits per heavy atom. The quantitative estimate of drug-likeness (QED) is 0.695. The second-order valence-electron chi connectivity index (χ2n) is 5.48. The minimum atomic E-state index is 0.766. The van der Waals surface area contributed by atoms with Crippen LogP contribution in [-0.4, -0.2) is 14.8 Å². The SMILES string of the molecule is Cc1ccccc1-c1nnc2n1CCc1ccc(N)cc1-2. The smallest absolute Gasteiger partial charge is 0.164 e. The summed E-state index contributed by atoms with van der Waals surface area (Å²) in [5.74, 6) is 1.86. The third kappa shape index (κ3) is 1.83. The van der Waals surface area contributed by atoms with Gasteiger partial charge in [-0.25, -0.2) is 0 Å². The Morgan fingerprint density at radius 3 is 2.57 bits per heavy atom. The molecule has 0 saturated carbocycles. The molecule has 0 atom stereocenters. The number of nitrogens with two attached hydrogens (primary N) is 1. The van der Waals surface area contributed by atoms with Crippen LogP contribution >= 0.6 is 0 Å². The van der Waals surface area contributed by atoms with Gasteiger partial charge in [0.1, 0.15) is 0 Å². The molecule has 0 bridgehead atoms. The first kappa shape index (κ1) is 12.1. The lowest BCUT2D eigenvalue weighted by Crippen LogP contribution is -2.12. The molecule has 1 aromatic heterocycles. The molecule has 1 aliphatic rings. The summed E-state index contributed by atoms with van der Waals surface area (Å²) in [5, 5.41) is 8.84. The van der Waals surface area contributed by atoms with Crippen molar-refractivity contribution >= 4 is 5.69 Å². The third-order valence-corrected chi connectivity index (χ3v) is 4.12. The van der Waals surface area contributed by atoms with E-state index in [0.717, 1.165) is 41.4 Å². The lowest BCUT2D eigenvalue weighted by atomic mass is 9.99. The van der Waals surface area contributed by atoms with E-state index in [1.54, 1.807) is 0 Å². The van der Waals surface area contributed by atoms with Crippen molar-refractivity contribution < 1.29 is 0 Å². The highest BCUT2D eigenvalue weighted by Gasteiger charge is 2.22. The highest BCUT2D eigenvalue weighted by molar-refractivity contribution is 5.70. The summed E-state index contributed by atoms with van der Waals surface area (Å²) in [4.78, 5) is 0. The van der Waals surface area contributed by atoms with Crippen molar-refractivity contribution in [2.45, 2.75) is 19.9 Å². The molecule has 21 heavy (non-hydrogen) atoms. The fraction of sp³-hybridized carbons (Fsp3) is 0.176. The van der Waals surface area contributed by atoms with Crippen LogP contribution in [0, 0.1) is 6.92 Å². The molecule has 104 valence electrons. The Labute approximate surface area is 123 Å². The molecule has 0 unspecified atom stereocenters. The maximum atomic E-state index is 5.92. The van der Waals surface area contributed by atoms with E-state index >= 15 is 0 Å². The minimum Gasteiger partial charge on any atom is -0.399 e. The van der Waals surface area contributed by atoms with Crippen LogP contribution in [0.15, 0.2) is 42.5 Å². The van der Waals surface area contributed by atoms with E-state index in [1.807, 2.05) is 24.3 Å². The number of nitrogen functional groups attached to an aromatic ring is 1. The number of anilines is 1. The molecule has 2 aromatic carbocycles. The predicted octanol–water partition coefficient (Wildman–Crippen LogP) is 3.06. The number of aromatic nitrogens is 3. The third-order valence-electron chi connectivity index (χ3n) is 4.12. The molecule has 4 nitrogen and oxygen atoms in total. The number of rotatable bonds is 1. The van der Waals surface area contributed by atoms with E-state index < -0.39 is 0 Å². The molecule has 2 heterocycles. The molecule has 4 heteroatoms. The molecule has 0 amide bonds. The molecule has 1 aliphatic heterocycles. The first-order valence-corrected chi connectivity index (χ1v) is 7.12. The van der Waals surface area contributed by atoms with Gasteiger partial charge in [-0.1, -0.05) is 30.3 Å². The summed E-state index contributed by atoms with van der Waals surface area (Å²) in [6.45, 7) is 3.01. The summed E-state index contributed by atoms with van der Waals surface area (Å²) >= 11 is 0. The fourth-order valence-electron chi connectivity index (χ4n) is 2.99. The topological polar surface area (TPSA) is 56.7 Å². The summed E-state index contributed by atoms with van der Waals surface area (Å²) < 4.78 is 2.20. The second-order valence-corrected chi connectivity index (χ2v) is 5.48. The van der Waals surface area contributed by atoms with Crippen molar-refractivity contribution in [3.63, 3.8) is 0 Å². The predicted molar refractivity (Wildman–Crippen MR) is 83.7 cm³/mol. The number of hydrogen-bond donors (Lipinski definition) is 1. The highest BCUT2D eigenvalue weighted by atomic mass is 15.3. The number of fused-ring (bicyclic) bond motifs is 3. The van der Waals surface area contributed by atoms with E-state index in [0.29, 0.717) is 0 Å². The summed E-state index contributed by atoms with van der Waals surface area (Å²) in [6, 6.07) is 14.3. The Hall–Kier alpha value is -2.62. The number of aryl methyl sites for hydroxylation is 2. The molecule has 2 N–H and O–H groups in total. The lowest BCUT2D eigenvalue weighted by Gasteiger charge is -2.19. The average molecular weight is 276 g/mol. The Kier molecular flexibility index (Phi) is 2.57. The van der Waals surface area contributed by atoms with Gasteiger partial charge in [0.05, 0.1) is 0 Å². The van der Waals surface area contributed by atoms with Crippen LogP contribution in [0.1, 0.15) is 11.1 Å². The van der Waals surface area contributed by atoms with Gasteiger partial charge in [0.2, 0.25) is 0 Å². The van der Waals surface area contributed by atoms with Crippen molar-refractivity contribution in [1.82, 2.24) is 14.8 Å². The molecule has 4 rings (SSSR count). The number of nitrogens with zero attached hydrogens (tertiary/aromatic N) is 3. The van der Waals surface area contributed by atoms with Gasteiger partial charge in [0.15, 0.2) is 11.6 Å². The molecular formula is C17H16N4. The summed E-state index contributed by atoms with van der Waals surface area (Å²) in [7, 11) is 0. The second kappa shape index (κ2) is 4.45. The normalized spacial score (nSPS) is 12.8. The molecule has 3 aromatic rings. The molecule has 0 fully saturated rings. The van der Waals surface area contributed by atoms with E-state index in [9.17, 15) is 0 Å². The van der Waals surface area contributed by atoms with Gasteiger partial charge in [0.25, 0.3) is 0 Å². The maximum absolute atomic E-state index is 5.92. The van der Waals surface area contributed by atoms with Crippen molar-refractivity contribution in [2.24, 2.45) is 0 Å². The van der Waals surface area contributed by atoms with Crippen LogP contribution in [0.3, 0.4) is 0 Å². The molecule has 0 spiro atoms. The van der Waals surface area contributed by atoms with Crippen LogP contribution in [0.5, 0.6) is 0 Å². The van der Waals surface area contributed by atoms with E-state index in [2.05, 4.69) is 39.9 Å². The molecule has 0 aliphatic carbocycles. The van der Waals surface area contributed by atoms with Gasteiger partial charge in [-0.3, -0.25) is 0 Å². The Balaban J connectivity index is 1.92. The first-order valence-electron chi connectivity index (χ1n) is 7.12. The average Bonchev–Trinajstić information content (AvgIpc) is 2.92. The number of hydrogen-bond acceptors (Lipinski definition) is 3. The van der Waals surface area contributed by atoms with Gasteiger partial charge < -0.3 is 10.3 Å². The lowest BCUT2D eigenvalue weighted by molar-refractivity contribution is 0.688. The maximum Gasteiger partial charge on any atom is 0.164 e. The van der Waals surface area contributed by atoms with Gasteiger partial charge in [-0.05, 0) is 36.6 Å². The van der Waals surface area contributed by atoms with Gasteiger partial charge in [0, 0.05) is 23.4 Å². The highest BCUT2D eigenvalue weighted by Crippen LogP contribution is 2.33. The van der Waals surface area contributed by atoms with Crippen molar-refractivity contribution in [3.8, 4) is 22.8 Å². The summed E-state index contributed by atoms with van der Waals surface area (Å²) in [6.07, 6.45) is 0.986. The molecule has 0 radical (unpaired) electrons. The Bertz CT molecular complexity index is 833. The largest absolute Gasteiger partial charge is 0.399 e. The van der Waals surface area contributed by atoms with Crippen molar-refractivity contribution in [3.05, 3.63) is 53.6 Å². The van der Waals surface area contributed by atoms with Crippen LogP contribution in [0.2, 0.25) is 0 Å². The zero-order chi connectivity index (χ0) is 14.4. The zero-order valence-electron chi connectivity index (χ0n) is 11.9. The van der Waals surface area contributed by atoms with Crippen LogP contribution in [0.25, 0.3) is 22.8 Å². The Morgan fingerprint density at radius 2 is 1.76 bits per heavy atom.